The number of thioether (sulfide) groups is 1. The first-order chi connectivity index (χ1) is 9.74. The Hall–Kier alpha value is -1.00. The molecule has 2 fully saturated rings. The number of hydrogen-bond acceptors (Lipinski definition) is 3. The Morgan fingerprint density at radius 2 is 2.10 bits per heavy atom. The van der Waals surface area contributed by atoms with Gasteiger partial charge >= 0.3 is 0 Å². The minimum Gasteiger partial charge on any atom is -0.352 e. The van der Waals surface area contributed by atoms with Crippen molar-refractivity contribution in [2.24, 2.45) is 0 Å². The van der Waals surface area contributed by atoms with Crippen LogP contribution in [0.4, 0.5) is 0 Å². The SMILES string of the molecule is C[C@@H](C(=O)NC1CC1)N1CCS[C@H](c2ccccc2)C1. The molecule has 3 nitrogen and oxygen atoms in total. The first-order valence-electron chi connectivity index (χ1n) is 7.45. The van der Waals surface area contributed by atoms with Crippen molar-refractivity contribution in [3.05, 3.63) is 35.9 Å². The molecule has 1 aromatic carbocycles. The van der Waals surface area contributed by atoms with Crippen molar-refractivity contribution in [1.29, 1.82) is 0 Å². The van der Waals surface area contributed by atoms with Crippen LogP contribution in [0.5, 0.6) is 0 Å². The minimum absolute atomic E-state index is 0.0114. The van der Waals surface area contributed by atoms with Crippen LogP contribution in [0.1, 0.15) is 30.6 Å². The van der Waals surface area contributed by atoms with Crippen molar-refractivity contribution in [2.75, 3.05) is 18.8 Å². The Labute approximate surface area is 125 Å². The molecule has 3 rings (SSSR count). The van der Waals surface area contributed by atoms with Crippen LogP contribution in [0.15, 0.2) is 30.3 Å². The summed E-state index contributed by atoms with van der Waals surface area (Å²) >= 11 is 2.00. The van der Waals surface area contributed by atoms with E-state index in [-0.39, 0.29) is 11.9 Å². The molecule has 1 saturated carbocycles. The van der Waals surface area contributed by atoms with Gasteiger partial charge in [-0.2, -0.15) is 11.8 Å². The third kappa shape index (κ3) is 3.36. The van der Waals surface area contributed by atoms with Gasteiger partial charge in [0.1, 0.15) is 0 Å². The summed E-state index contributed by atoms with van der Waals surface area (Å²) in [4.78, 5) is 14.5. The first kappa shape index (κ1) is 14.0. The molecule has 0 aromatic heterocycles. The van der Waals surface area contributed by atoms with E-state index in [0.717, 1.165) is 31.7 Å². The summed E-state index contributed by atoms with van der Waals surface area (Å²) in [6, 6.07) is 11.1. The minimum atomic E-state index is -0.0114. The van der Waals surface area contributed by atoms with Gasteiger partial charge < -0.3 is 5.32 Å². The van der Waals surface area contributed by atoms with Gasteiger partial charge in [0.2, 0.25) is 5.91 Å². The second-order valence-corrected chi connectivity index (χ2v) is 7.03. The average Bonchev–Trinajstić information content (AvgIpc) is 3.31. The third-order valence-electron chi connectivity index (χ3n) is 4.12. The fraction of sp³-hybridized carbons (Fsp3) is 0.562. The molecular formula is C16H22N2OS. The van der Waals surface area contributed by atoms with Crippen LogP contribution in [0.25, 0.3) is 0 Å². The van der Waals surface area contributed by atoms with Crippen molar-refractivity contribution in [3.8, 4) is 0 Å². The van der Waals surface area contributed by atoms with Gasteiger partial charge in [-0.1, -0.05) is 30.3 Å². The van der Waals surface area contributed by atoms with Crippen LogP contribution in [0, 0.1) is 0 Å². The number of rotatable bonds is 4. The van der Waals surface area contributed by atoms with Crippen molar-refractivity contribution < 1.29 is 4.79 Å². The van der Waals surface area contributed by atoms with Crippen LogP contribution >= 0.6 is 11.8 Å². The number of carbonyl (C=O) groups is 1. The Balaban J connectivity index is 1.60. The molecule has 2 aliphatic rings. The molecule has 108 valence electrons. The standard InChI is InChI=1S/C16H22N2OS/c1-12(16(19)17-14-7-8-14)18-9-10-20-15(11-18)13-5-3-2-4-6-13/h2-6,12,14-15H,7-11H2,1H3,(H,17,19)/t12-,15-/m0/s1. The number of carbonyl (C=O) groups excluding carboxylic acids is 1. The molecule has 1 aliphatic heterocycles. The summed E-state index contributed by atoms with van der Waals surface area (Å²) < 4.78 is 0. The molecule has 2 atom stereocenters. The lowest BCUT2D eigenvalue weighted by atomic mass is 10.1. The molecule has 1 amide bonds. The second kappa shape index (κ2) is 6.19. The molecule has 0 bridgehead atoms. The molecule has 0 radical (unpaired) electrons. The fourth-order valence-electron chi connectivity index (χ4n) is 2.61. The normalized spacial score (nSPS) is 25.1. The van der Waals surface area contributed by atoms with Crippen LogP contribution in [0.2, 0.25) is 0 Å². The quantitative estimate of drug-likeness (QED) is 0.924. The van der Waals surface area contributed by atoms with Gasteiger partial charge in [0.15, 0.2) is 0 Å². The highest BCUT2D eigenvalue weighted by Crippen LogP contribution is 2.33. The zero-order chi connectivity index (χ0) is 13.9. The average molecular weight is 290 g/mol. The number of hydrogen-bond donors (Lipinski definition) is 1. The number of nitrogens with zero attached hydrogens (tertiary/aromatic N) is 1. The topological polar surface area (TPSA) is 32.3 Å². The summed E-state index contributed by atoms with van der Waals surface area (Å²) in [7, 11) is 0. The maximum atomic E-state index is 12.2. The van der Waals surface area contributed by atoms with E-state index in [0.29, 0.717) is 11.3 Å². The Bertz CT molecular complexity index is 461. The fourth-order valence-corrected chi connectivity index (χ4v) is 3.88. The van der Waals surface area contributed by atoms with Gasteiger partial charge in [0.05, 0.1) is 6.04 Å². The Kier molecular flexibility index (Phi) is 4.32. The highest BCUT2D eigenvalue weighted by molar-refractivity contribution is 7.99. The van der Waals surface area contributed by atoms with Gasteiger partial charge in [0, 0.05) is 30.1 Å². The number of benzene rings is 1. The van der Waals surface area contributed by atoms with Crippen LogP contribution < -0.4 is 5.32 Å². The van der Waals surface area contributed by atoms with Gasteiger partial charge in [-0.05, 0) is 25.3 Å². The van der Waals surface area contributed by atoms with E-state index in [9.17, 15) is 4.79 Å². The summed E-state index contributed by atoms with van der Waals surface area (Å²) in [6.45, 7) is 4.01. The van der Waals surface area contributed by atoms with Crippen molar-refractivity contribution in [1.82, 2.24) is 10.2 Å². The van der Waals surface area contributed by atoms with E-state index in [4.69, 9.17) is 0 Å². The van der Waals surface area contributed by atoms with Crippen molar-refractivity contribution >= 4 is 17.7 Å². The molecule has 0 unspecified atom stereocenters. The van der Waals surface area contributed by atoms with Gasteiger partial charge in [-0.3, -0.25) is 9.69 Å². The van der Waals surface area contributed by atoms with E-state index in [1.54, 1.807) is 0 Å². The summed E-state index contributed by atoms with van der Waals surface area (Å²) in [5.74, 6) is 1.30. The molecule has 4 heteroatoms. The smallest absolute Gasteiger partial charge is 0.237 e. The highest BCUT2D eigenvalue weighted by atomic mass is 32.2. The summed E-state index contributed by atoms with van der Waals surface area (Å²) in [6.07, 6.45) is 2.31. The second-order valence-electron chi connectivity index (χ2n) is 5.72. The molecule has 1 aliphatic carbocycles. The Morgan fingerprint density at radius 3 is 2.80 bits per heavy atom. The molecule has 1 aromatic rings. The van der Waals surface area contributed by atoms with Crippen molar-refractivity contribution in [3.63, 3.8) is 0 Å². The van der Waals surface area contributed by atoms with E-state index >= 15 is 0 Å². The lowest BCUT2D eigenvalue weighted by Gasteiger charge is -2.36. The van der Waals surface area contributed by atoms with Gasteiger partial charge in [-0.25, -0.2) is 0 Å². The van der Waals surface area contributed by atoms with E-state index in [1.165, 1.54) is 5.56 Å². The Morgan fingerprint density at radius 1 is 1.35 bits per heavy atom. The monoisotopic (exact) mass is 290 g/mol. The zero-order valence-corrected chi connectivity index (χ0v) is 12.7. The van der Waals surface area contributed by atoms with E-state index < -0.39 is 0 Å². The molecule has 1 N–H and O–H groups in total. The number of amides is 1. The molecule has 1 saturated heterocycles. The van der Waals surface area contributed by atoms with E-state index in [1.807, 2.05) is 18.7 Å². The predicted octanol–water partition coefficient (Wildman–Crippen LogP) is 2.44. The lowest BCUT2D eigenvalue weighted by molar-refractivity contribution is -0.126. The highest BCUT2D eigenvalue weighted by Gasteiger charge is 2.31. The summed E-state index contributed by atoms with van der Waals surface area (Å²) in [5, 5.41) is 3.61. The van der Waals surface area contributed by atoms with Gasteiger partial charge in [-0.15, -0.1) is 0 Å². The lowest BCUT2D eigenvalue weighted by Crippen LogP contribution is -2.49. The summed E-state index contributed by atoms with van der Waals surface area (Å²) in [5.41, 5.74) is 1.37. The first-order valence-corrected chi connectivity index (χ1v) is 8.50. The zero-order valence-electron chi connectivity index (χ0n) is 11.9. The van der Waals surface area contributed by atoms with Crippen LogP contribution in [-0.4, -0.2) is 41.7 Å². The molecule has 0 spiro atoms. The van der Waals surface area contributed by atoms with Crippen LogP contribution in [0.3, 0.4) is 0 Å². The molecule has 1 heterocycles. The molecular weight excluding hydrogens is 268 g/mol. The largest absolute Gasteiger partial charge is 0.352 e. The number of nitrogens with one attached hydrogen (secondary N) is 1. The predicted molar refractivity (Wildman–Crippen MR) is 83.8 cm³/mol. The van der Waals surface area contributed by atoms with Gasteiger partial charge in [0.25, 0.3) is 0 Å². The maximum absolute atomic E-state index is 12.2. The maximum Gasteiger partial charge on any atom is 0.237 e. The van der Waals surface area contributed by atoms with Crippen LogP contribution in [-0.2, 0) is 4.79 Å². The third-order valence-corrected chi connectivity index (χ3v) is 5.36. The van der Waals surface area contributed by atoms with Crippen molar-refractivity contribution in [2.45, 2.75) is 37.1 Å². The molecule has 20 heavy (non-hydrogen) atoms. The van der Waals surface area contributed by atoms with E-state index in [2.05, 4.69) is 40.5 Å².